The molecule has 0 aliphatic heterocycles. The van der Waals surface area contributed by atoms with Crippen LogP contribution in [0.1, 0.15) is 22.3 Å². The van der Waals surface area contributed by atoms with E-state index in [1.54, 1.807) is 0 Å². The summed E-state index contributed by atoms with van der Waals surface area (Å²) in [5, 5.41) is 14.7. The molecule has 0 saturated carbocycles. The minimum Gasteiger partial charge on any atom is -0.244 e. The van der Waals surface area contributed by atoms with Gasteiger partial charge in [-0.25, -0.2) is 5.43 Å². The highest BCUT2D eigenvalue weighted by Gasteiger charge is 2.33. The largest absolute Gasteiger partial charge is 0.417 e. The number of anilines is 1. The van der Waals surface area contributed by atoms with Crippen LogP contribution in [0.25, 0.3) is 0 Å². The number of alkyl halides is 6. The van der Waals surface area contributed by atoms with Crippen LogP contribution in [0.3, 0.4) is 0 Å². The summed E-state index contributed by atoms with van der Waals surface area (Å²) in [7, 11) is 0. The molecule has 0 saturated heterocycles. The fourth-order valence-electron chi connectivity index (χ4n) is 2.41. The third-order valence-electron chi connectivity index (χ3n) is 3.75. The number of hydrogen-bond donors (Lipinski definition) is 1. The van der Waals surface area contributed by atoms with Crippen LogP contribution < -0.4 is 5.43 Å². The summed E-state index contributed by atoms with van der Waals surface area (Å²) >= 11 is 0. The Bertz CT molecular complexity index is 1070. The minimum atomic E-state index is -4.56. The van der Waals surface area contributed by atoms with Gasteiger partial charge in [0.1, 0.15) is 6.33 Å². The van der Waals surface area contributed by atoms with Crippen LogP contribution in [0.5, 0.6) is 0 Å². The van der Waals surface area contributed by atoms with Gasteiger partial charge in [0.15, 0.2) is 0 Å². The lowest BCUT2D eigenvalue weighted by atomic mass is 10.1. The maximum Gasteiger partial charge on any atom is 0.417 e. The fourth-order valence-corrected chi connectivity index (χ4v) is 2.41. The molecule has 1 aromatic heterocycles. The lowest BCUT2D eigenvalue weighted by molar-refractivity contribution is -0.138. The van der Waals surface area contributed by atoms with E-state index in [-0.39, 0.29) is 17.1 Å². The van der Waals surface area contributed by atoms with Gasteiger partial charge >= 0.3 is 12.4 Å². The van der Waals surface area contributed by atoms with Crippen LogP contribution in [0.15, 0.2) is 65.1 Å². The van der Waals surface area contributed by atoms with E-state index in [1.165, 1.54) is 36.4 Å². The summed E-state index contributed by atoms with van der Waals surface area (Å²) < 4.78 is 79.0. The Morgan fingerprint density at radius 2 is 1.33 bits per heavy atom. The van der Waals surface area contributed by atoms with Gasteiger partial charge in [0.2, 0.25) is 0 Å². The van der Waals surface area contributed by atoms with Gasteiger partial charge in [0, 0.05) is 11.1 Å². The van der Waals surface area contributed by atoms with Crippen molar-refractivity contribution in [2.75, 3.05) is 5.43 Å². The molecule has 1 heterocycles. The number of halogens is 6. The van der Waals surface area contributed by atoms with E-state index in [0.717, 1.165) is 35.6 Å². The second-order valence-corrected chi connectivity index (χ2v) is 5.78. The molecule has 6 nitrogen and oxygen atoms in total. The van der Waals surface area contributed by atoms with Crippen molar-refractivity contribution in [3.8, 4) is 0 Å². The van der Waals surface area contributed by atoms with Crippen LogP contribution in [0, 0.1) is 0 Å². The molecule has 0 aliphatic carbocycles. The first-order valence-corrected chi connectivity index (χ1v) is 8.22. The maximum atomic E-state index is 13.0. The number of nitrogens with zero attached hydrogens (tertiary/aromatic N) is 5. The Morgan fingerprint density at radius 3 is 1.90 bits per heavy atom. The Morgan fingerprint density at radius 1 is 0.800 bits per heavy atom. The van der Waals surface area contributed by atoms with Gasteiger partial charge in [0.25, 0.3) is 5.95 Å². The van der Waals surface area contributed by atoms with Crippen LogP contribution >= 0.6 is 0 Å². The monoisotopic (exact) mass is 426 g/mol. The Hall–Kier alpha value is -3.70. The molecule has 156 valence electrons. The number of rotatable bonds is 5. The number of aromatic nitrogens is 3. The van der Waals surface area contributed by atoms with Gasteiger partial charge < -0.3 is 0 Å². The molecule has 0 spiro atoms. The number of nitrogens with one attached hydrogen (secondary N) is 1. The van der Waals surface area contributed by atoms with Crippen LogP contribution in [0.2, 0.25) is 0 Å². The Kier molecular flexibility index (Phi) is 5.85. The highest BCUT2D eigenvalue weighted by Crippen LogP contribution is 2.32. The molecule has 0 bridgehead atoms. The summed E-state index contributed by atoms with van der Waals surface area (Å²) in [4.78, 5) is 0. The van der Waals surface area contributed by atoms with Gasteiger partial charge in [-0.2, -0.15) is 41.2 Å². The molecule has 0 aliphatic rings. The van der Waals surface area contributed by atoms with Gasteiger partial charge in [-0.1, -0.05) is 36.4 Å². The topological polar surface area (TPSA) is 67.5 Å². The van der Waals surface area contributed by atoms with Crippen molar-refractivity contribution in [3.05, 3.63) is 77.1 Å². The highest BCUT2D eigenvalue weighted by atomic mass is 19.4. The summed E-state index contributed by atoms with van der Waals surface area (Å²) in [6.45, 7) is 0. The van der Waals surface area contributed by atoms with Crippen molar-refractivity contribution in [2.45, 2.75) is 12.4 Å². The average molecular weight is 426 g/mol. The van der Waals surface area contributed by atoms with Crippen molar-refractivity contribution in [3.63, 3.8) is 0 Å². The van der Waals surface area contributed by atoms with E-state index in [9.17, 15) is 26.3 Å². The number of hydrazone groups is 1. The second kappa shape index (κ2) is 8.35. The molecule has 0 unspecified atom stereocenters. The summed E-state index contributed by atoms with van der Waals surface area (Å²) in [5.41, 5.74) is 0.228. The van der Waals surface area contributed by atoms with Gasteiger partial charge in [-0.15, -0.1) is 10.2 Å². The van der Waals surface area contributed by atoms with E-state index >= 15 is 0 Å². The Labute approximate surface area is 165 Å². The molecule has 2 aromatic carbocycles. The van der Waals surface area contributed by atoms with E-state index < -0.39 is 23.5 Å². The third kappa shape index (κ3) is 5.01. The average Bonchev–Trinajstić information content (AvgIpc) is 3.13. The van der Waals surface area contributed by atoms with Gasteiger partial charge in [-0.05, 0) is 12.1 Å². The number of benzene rings is 2. The summed E-state index contributed by atoms with van der Waals surface area (Å²) in [5.74, 6) is -0.114. The molecule has 3 rings (SSSR count). The van der Waals surface area contributed by atoms with Gasteiger partial charge in [-0.3, -0.25) is 0 Å². The lowest BCUT2D eigenvalue weighted by Crippen LogP contribution is -2.09. The summed E-state index contributed by atoms with van der Waals surface area (Å²) in [6, 6.07) is 9.62. The molecule has 0 amide bonds. The van der Waals surface area contributed by atoms with Crippen LogP contribution in [-0.2, 0) is 12.4 Å². The van der Waals surface area contributed by atoms with Crippen molar-refractivity contribution in [1.82, 2.24) is 14.9 Å². The first kappa shape index (κ1) is 21.0. The van der Waals surface area contributed by atoms with E-state index in [4.69, 9.17) is 0 Å². The quantitative estimate of drug-likeness (QED) is 0.367. The van der Waals surface area contributed by atoms with Gasteiger partial charge in [0.05, 0.1) is 23.6 Å². The summed E-state index contributed by atoms with van der Waals surface area (Å²) in [6.07, 6.45) is -6.13. The first-order valence-electron chi connectivity index (χ1n) is 8.22. The molecule has 0 atom stereocenters. The molecular formula is C18H12F6N6. The van der Waals surface area contributed by atoms with Crippen molar-refractivity contribution in [1.29, 1.82) is 0 Å². The zero-order valence-corrected chi connectivity index (χ0v) is 14.9. The maximum absolute atomic E-state index is 13.0. The van der Waals surface area contributed by atoms with E-state index in [0.29, 0.717) is 0 Å². The standard InChI is InChI=1S/C18H12F6N6/c19-17(20,21)14-7-3-1-5-12(14)9-25-28-16-29-26-11-30(16)27-10-13-6-2-4-8-15(13)18(22,23)24/h1-11H,(H,28,29)/b25-9+,27-10-. The van der Waals surface area contributed by atoms with E-state index in [2.05, 4.69) is 25.8 Å². The van der Waals surface area contributed by atoms with Crippen molar-refractivity contribution >= 4 is 18.4 Å². The molecule has 0 radical (unpaired) electrons. The lowest BCUT2D eigenvalue weighted by Gasteiger charge is -2.09. The smallest absolute Gasteiger partial charge is 0.244 e. The predicted molar refractivity (Wildman–Crippen MR) is 97.1 cm³/mol. The molecule has 3 aromatic rings. The molecular weight excluding hydrogens is 414 g/mol. The van der Waals surface area contributed by atoms with Crippen LogP contribution in [-0.4, -0.2) is 27.3 Å². The number of hydrogen-bond acceptors (Lipinski definition) is 5. The van der Waals surface area contributed by atoms with E-state index in [1.807, 2.05) is 0 Å². The Balaban J connectivity index is 1.78. The van der Waals surface area contributed by atoms with Crippen molar-refractivity contribution in [2.24, 2.45) is 10.2 Å². The fraction of sp³-hybridized carbons (Fsp3) is 0.111. The second-order valence-electron chi connectivity index (χ2n) is 5.78. The zero-order chi connectivity index (χ0) is 21.8. The predicted octanol–water partition coefficient (Wildman–Crippen LogP) is 4.64. The molecule has 30 heavy (non-hydrogen) atoms. The molecule has 1 N–H and O–H groups in total. The van der Waals surface area contributed by atoms with Crippen LogP contribution in [0.4, 0.5) is 32.3 Å². The first-order chi connectivity index (χ1) is 14.2. The molecule has 12 heteroatoms. The van der Waals surface area contributed by atoms with Crippen molar-refractivity contribution < 1.29 is 26.3 Å². The minimum absolute atomic E-state index is 0.114. The SMILES string of the molecule is FC(F)(F)c1ccccc1/C=N\n1cnnc1N/N=C/c1ccccc1C(F)(F)F. The third-order valence-corrected chi connectivity index (χ3v) is 3.75. The zero-order valence-electron chi connectivity index (χ0n) is 14.9. The normalized spacial score (nSPS) is 12.7. The molecule has 0 fully saturated rings. The highest BCUT2D eigenvalue weighted by molar-refractivity contribution is 5.83.